The van der Waals surface area contributed by atoms with Crippen molar-refractivity contribution in [3.63, 3.8) is 0 Å². The Bertz CT molecular complexity index is 1220. The lowest BCUT2D eigenvalue weighted by Crippen LogP contribution is -2.40. The standard InChI is InChI=1S/C25H28N2O6S/c1-19(33-23-7-6-20-4-2-3-5-21(20)18-23)25(28)26-12-15-32-22-8-10-24(11-9-22)34(29,30)27-13-16-31-17-14-27/h2-11,18-19H,12-17H2,1H3,(H,26,28)/t19-/m1/s1. The summed E-state index contributed by atoms with van der Waals surface area (Å²) in [5, 5.41) is 4.94. The van der Waals surface area contributed by atoms with Gasteiger partial charge in [0.2, 0.25) is 10.0 Å². The van der Waals surface area contributed by atoms with Gasteiger partial charge in [-0.1, -0.05) is 30.3 Å². The number of hydrogen-bond donors (Lipinski definition) is 1. The molecule has 3 aromatic carbocycles. The molecule has 1 amide bonds. The van der Waals surface area contributed by atoms with Crippen LogP contribution in [0.15, 0.2) is 71.6 Å². The molecule has 1 aliphatic heterocycles. The zero-order valence-corrected chi connectivity index (χ0v) is 19.8. The number of fused-ring (bicyclic) bond motifs is 1. The Labute approximate surface area is 199 Å². The summed E-state index contributed by atoms with van der Waals surface area (Å²) in [6, 6.07) is 19.9. The third kappa shape index (κ3) is 5.85. The van der Waals surface area contributed by atoms with E-state index < -0.39 is 16.1 Å². The van der Waals surface area contributed by atoms with Gasteiger partial charge in [-0.15, -0.1) is 0 Å². The molecule has 1 N–H and O–H groups in total. The van der Waals surface area contributed by atoms with Crippen LogP contribution < -0.4 is 14.8 Å². The predicted octanol–water partition coefficient (Wildman–Crippen LogP) is 2.82. The van der Waals surface area contributed by atoms with E-state index in [1.807, 2.05) is 42.5 Å². The average Bonchev–Trinajstić information content (AvgIpc) is 2.87. The van der Waals surface area contributed by atoms with Crippen molar-refractivity contribution in [2.24, 2.45) is 0 Å². The molecule has 1 atom stereocenters. The van der Waals surface area contributed by atoms with Crippen molar-refractivity contribution in [3.05, 3.63) is 66.7 Å². The van der Waals surface area contributed by atoms with E-state index in [1.54, 1.807) is 19.1 Å². The summed E-state index contributed by atoms with van der Waals surface area (Å²) in [6.07, 6.45) is -0.661. The van der Waals surface area contributed by atoms with Gasteiger partial charge in [0.15, 0.2) is 6.10 Å². The number of amides is 1. The maximum absolute atomic E-state index is 12.7. The lowest BCUT2D eigenvalue weighted by atomic mass is 10.1. The van der Waals surface area contributed by atoms with Crippen LogP contribution in [0.1, 0.15) is 6.92 Å². The van der Waals surface area contributed by atoms with Crippen molar-refractivity contribution in [3.8, 4) is 11.5 Å². The highest BCUT2D eigenvalue weighted by atomic mass is 32.2. The largest absolute Gasteiger partial charge is 0.492 e. The maximum atomic E-state index is 12.7. The molecule has 0 aromatic heterocycles. The highest BCUT2D eigenvalue weighted by Crippen LogP contribution is 2.22. The van der Waals surface area contributed by atoms with Gasteiger partial charge in [-0.2, -0.15) is 4.31 Å². The summed E-state index contributed by atoms with van der Waals surface area (Å²) in [5.74, 6) is 0.907. The smallest absolute Gasteiger partial charge is 0.260 e. The Balaban J connectivity index is 1.22. The molecule has 0 unspecified atom stereocenters. The average molecular weight is 485 g/mol. The number of carbonyl (C=O) groups excluding carboxylic acids is 1. The van der Waals surface area contributed by atoms with Crippen molar-refractivity contribution in [1.29, 1.82) is 0 Å². The van der Waals surface area contributed by atoms with Crippen LogP contribution in [-0.4, -0.2) is 64.2 Å². The van der Waals surface area contributed by atoms with E-state index in [-0.39, 0.29) is 24.0 Å². The molecule has 0 spiro atoms. The fourth-order valence-corrected chi connectivity index (χ4v) is 5.04. The molecule has 4 rings (SSSR count). The molecule has 8 nitrogen and oxygen atoms in total. The Morgan fingerprint density at radius 1 is 1.00 bits per heavy atom. The molecule has 0 radical (unpaired) electrons. The number of carbonyl (C=O) groups is 1. The topological polar surface area (TPSA) is 94.2 Å². The Morgan fingerprint density at radius 2 is 1.68 bits per heavy atom. The fourth-order valence-electron chi connectivity index (χ4n) is 3.63. The summed E-state index contributed by atoms with van der Waals surface area (Å²) in [6.45, 7) is 3.73. The van der Waals surface area contributed by atoms with Crippen molar-refractivity contribution < 1.29 is 27.4 Å². The van der Waals surface area contributed by atoms with Crippen LogP contribution in [0, 0.1) is 0 Å². The number of sulfonamides is 1. The minimum Gasteiger partial charge on any atom is -0.492 e. The number of benzene rings is 3. The van der Waals surface area contributed by atoms with Gasteiger partial charge in [-0.25, -0.2) is 8.42 Å². The minimum atomic E-state index is -3.54. The first-order valence-electron chi connectivity index (χ1n) is 11.2. The lowest BCUT2D eigenvalue weighted by molar-refractivity contribution is -0.127. The molecular formula is C25H28N2O6S. The fraction of sp³-hybridized carbons (Fsp3) is 0.320. The van der Waals surface area contributed by atoms with Crippen molar-refractivity contribution in [1.82, 2.24) is 9.62 Å². The van der Waals surface area contributed by atoms with E-state index in [0.717, 1.165) is 10.8 Å². The van der Waals surface area contributed by atoms with Crippen molar-refractivity contribution >= 4 is 26.7 Å². The number of rotatable bonds is 9. The van der Waals surface area contributed by atoms with Gasteiger partial charge >= 0.3 is 0 Å². The lowest BCUT2D eigenvalue weighted by Gasteiger charge is -2.26. The van der Waals surface area contributed by atoms with E-state index in [9.17, 15) is 13.2 Å². The summed E-state index contributed by atoms with van der Waals surface area (Å²) >= 11 is 0. The van der Waals surface area contributed by atoms with Gasteiger partial charge in [-0.3, -0.25) is 4.79 Å². The molecule has 1 heterocycles. The van der Waals surface area contributed by atoms with Crippen LogP contribution >= 0.6 is 0 Å². The molecule has 0 bridgehead atoms. The zero-order chi connectivity index (χ0) is 24.0. The number of hydrogen-bond acceptors (Lipinski definition) is 6. The summed E-state index contributed by atoms with van der Waals surface area (Å²) in [4.78, 5) is 12.6. The van der Waals surface area contributed by atoms with Crippen LogP contribution in [0.2, 0.25) is 0 Å². The molecule has 0 aliphatic carbocycles. The highest BCUT2D eigenvalue weighted by Gasteiger charge is 2.26. The molecule has 34 heavy (non-hydrogen) atoms. The van der Waals surface area contributed by atoms with E-state index in [1.165, 1.54) is 16.4 Å². The van der Waals surface area contributed by atoms with Crippen molar-refractivity contribution in [2.45, 2.75) is 17.9 Å². The first kappa shape index (κ1) is 24.0. The van der Waals surface area contributed by atoms with Gasteiger partial charge in [0.25, 0.3) is 5.91 Å². The molecule has 1 aliphatic rings. The molecule has 1 fully saturated rings. The summed E-state index contributed by atoms with van der Waals surface area (Å²) in [7, 11) is -3.54. The second-order valence-electron chi connectivity index (χ2n) is 7.90. The van der Waals surface area contributed by atoms with E-state index in [2.05, 4.69) is 5.32 Å². The highest BCUT2D eigenvalue weighted by molar-refractivity contribution is 7.89. The van der Waals surface area contributed by atoms with Gasteiger partial charge in [0.05, 0.1) is 24.7 Å². The van der Waals surface area contributed by atoms with Gasteiger partial charge in [0.1, 0.15) is 18.1 Å². The third-order valence-electron chi connectivity index (χ3n) is 5.50. The van der Waals surface area contributed by atoms with E-state index in [4.69, 9.17) is 14.2 Å². The Morgan fingerprint density at radius 3 is 2.41 bits per heavy atom. The van der Waals surface area contributed by atoms with E-state index >= 15 is 0 Å². The Hall–Kier alpha value is -3.14. The van der Waals surface area contributed by atoms with Gasteiger partial charge in [0, 0.05) is 13.1 Å². The third-order valence-corrected chi connectivity index (χ3v) is 7.42. The summed E-state index contributed by atoms with van der Waals surface area (Å²) in [5.41, 5.74) is 0. The first-order chi connectivity index (χ1) is 16.4. The second kappa shape index (κ2) is 10.9. The number of ether oxygens (including phenoxy) is 3. The zero-order valence-electron chi connectivity index (χ0n) is 19.0. The molecule has 180 valence electrons. The van der Waals surface area contributed by atoms with Crippen LogP contribution in [0.3, 0.4) is 0 Å². The van der Waals surface area contributed by atoms with E-state index in [0.29, 0.717) is 37.8 Å². The minimum absolute atomic E-state index is 0.217. The van der Waals surface area contributed by atoms with Crippen molar-refractivity contribution in [2.75, 3.05) is 39.5 Å². The molecule has 0 saturated carbocycles. The quantitative estimate of drug-likeness (QED) is 0.470. The first-order valence-corrected chi connectivity index (χ1v) is 12.6. The normalized spacial score (nSPS) is 15.6. The number of nitrogens with zero attached hydrogens (tertiary/aromatic N) is 1. The van der Waals surface area contributed by atoms with Crippen LogP contribution in [-0.2, 0) is 19.6 Å². The van der Waals surface area contributed by atoms with Gasteiger partial charge in [-0.05, 0) is 54.1 Å². The Kier molecular flexibility index (Phi) is 7.66. The summed E-state index contributed by atoms with van der Waals surface area (Å²) < 4.78 is 43.4. The predicted molar refractivity (Wildman–Crippen MR) is 129 cm³/mol. The molecule has 3 aromatic rings. The molecular weight excluding hydrogens is 456 g/mol. The SMILES string of the molecule is C[C@@H](Oc1ccc2ccccc2c1)C(=O)NCCOc1ccc(S(=O)(=O)N2CCOCC2)cc1. The number of nitrogens with one attached hydrogen (secondary N) is 1. The van der Waals surface area contributed by atoms with Crippen LogP contribution in [0.4, 0.5) is 0 Å². The van der Waals surface area contributed by atoms with Gasteiger partial charge < -0.3 is 19.5 Å². The molecule has 9 heteroatoms. The maximum Gasteiger partial charge on any atom is 0.260 e. The number of morpholine rings is 1. The monoisotopic (exact) mass is 484 g/mol. The second-order valence-corrected chi connectivity index (χ2v) is 9.83. The van der Waals surface area contributed by atoms with Crippen LogP contribution in [0.5, 0.6) is 11.5 Å². The molecule has 1 saturated heterocycles. The van der Waals surface area contributed by atoms with Crippen LogP contribution in [0.25, 0.3) is 10.8 Å².